The number of phosphoric ester groups is 2. The molecule has 0 aromatic rings. The van der Waals surface area contributed by atoms with Gasteiger partial charge < -0.3 is 19.3 Å². The third kappa shape index (κ3) is 29.8. The summed E-state index contributed by atoms with van der Waals surface area (Å²) in [7, 11) is -9.39. The molecule has 0 rings (SSSR count). The second-order valence-corrected chi connectivity index (χ2v) is 14.6. The Morgan fingerprint density at radius 1 is 0.467 bits per heavy atom. The molecular formula is C32H60O11P2. The van der Waals surface area contributed by atoms with Crippen LogP contribution in [0.4, 0.5) is 0 Å². The summed E-state index contributed by atoms with van der Waals surface area (Å²) in [4.78, 5) is 42.1. The van der Waals surface area contributed by atoms with E-state index in [1.807, 2.05) is 0 Å². The first-order valence-corrected chi connectivity index (χ1v) is 19.7. The molecule has 0 saturated heterocycles. The standard InChI is InChI=1S/C32H60O11P2/c1-29(2)31(33)39-25-21-17-13-9-5-7-11-15-19-23-27-41-44(35,36)43-45(37,38)42-28-24-20-16-12-8-6-10-14-18-22-26-40-32(34)30(3)4/h1,3,5-28H2,2,4H3,(H,35,36)(H,37,38). The summed E-state index contributed by atoms with van der Waals surface area (Å²) < 4.78 is 48.3. The van der Waals surface area contributed by atoms with Crippen LogP contribution in [0.1, 0.15) is 142 Å². The Hall–Kier alpha value is -1.32. The largest absolute Gasteiger partial charge is 0.481 e. The number of carbonyl (C=O) groups is 2. The van der Waals surface area contributed by atoms with Crippen molar-refractivity contribution in [2.75, 3.05) is 26.4 Å². The van der Waals surface area contributed by atoms with E-state index in [9.17, 15) is 28.5 Å². The van der Waals surface area contributed by atoms with Crippen LogP contribution in [0.3, 0.4) is 0 Å². The number of hydrogen-bond acceptors (Lipinski definition) is 9. The van der Waals surface area contributed by atoms with Crippen molar-refractivity contribution in [1.82, 2.24) is 0 Å². The molecule has 0 fully saturated rings. The maximum absolute atomic E-state index is 12.0. The van der Waals surface area contributed by atoms with Crippen molar-refractivity contribution in [3.63, 3.8) is 0 Å². The van der Waals surface area contributed by atoms with Gasteiger partial charge in [0.2, 0.25) is 0 Å². The first-order chi connectivity index (χ1) is 21.4. The van der Waals surface area contributed by atoms with Gasteiger partial charge in [0.15, 0.2) is 0 Å². The third-order valence-electron chi connectivity index (χ3n) is 6.96. The van der Waals surface area contributed by atoms with Crippen molar-refractivity contribution in [2.24, 2.45) is 0 Å². The second-order valence-electron chi connectivity index (χ2n) is 11.6. The zero-order valence-electron chi connectivity index (χ0n) is 27.8. The van der Waals surface area contributed by atoms with Crippen LogP contribution in [0.2, 0.25) is 0 Å². The molecule has 45 heavy (non-hydrogen) atoms. The van der Waals surface area contributed by atoms with Crippen molar-refractivity contribution in [3.8, 4) is 0 Å². The molecule has 0 bridgehead atoms. The average Bonchev–Trinajstić information content (AvgIpc) is 2.96. The molecule has 0 spiro atoms. The number of unbranched alkanes of at least 4 members (excludes halogenated alkanes) is 18. The molecule has 0 heterocycles. The van der Waals surface area contributed by atoms with Gasteiger partial charge in [-0.3, -0.25) is 9.05 Å². The van der Waals surface area contributed by atoms with E-state index in [4.69, 9.17) is 18.5 Å². The average molecular weight is 683 g/mol. The molecule has 0 radical (unpaired) electrons. The maximum atomic E-state index is 12.0. The van der Waals surface area contributed by atoms with E-state index in [0.29, 0.717) is 37.2 Å². The number of esters is 2. The normalized spacial score (nSPS) is 14.0. The summed E-state index contributed by atoms with van der Waals surface area (Å²) in [5.74, 6) is -0.668. The van der Waals surface area contributed by atoms with E-state index in [1.165, 1.54) is 0 Å². The molecule has 0 aromatic heterocycles. The molecule has 0 aromatic carbocycles. The molecule has 0 aliphatic carbocycles. The van der Waals surface area contributed by atoms with Crippen molar-refractivity contribution < 1.29 is 51.3 Å². The molecule has 2 unspecified atom stereocenters. The highest BCUT2D eigenvalue weighted by Crippen LogP contribution is 2.60. The van der Waals surface area contributed by atoms with Crippen LogP contribution in [-0.4, -0.2) is 48.2 Å². The van der Waals surface area contributed by atoms with Crippen LogP contribution in [0.15, 0.2) is 24.3 Å². The smallest absolute Gasteiger partial charge is 0.462 e. The second kappa shape index (κ2) is 27.8. The first-order valence-electron chi connectivity index (χ1n) is 16.7. The molecule has 264 valence electrons. The van der Waals surface area contributed by atoms with E-state index >= 15 is 0 Å². The fourth-order valence-corrected chi connectivity index (χ4v) is 6.49. The van der Waals surface area contributed by atoms with Gasteiger partial charge in [0.25, 0.3) is 0 Å². The highest BCUT2D eigenvalue weighted by Gasteiger charge is 2.34. The molecule has 0 aliphatic rings. The van der Waals surface area contributed by atoms with Crippen LogP contribution in [-0.2, 0) is 41.6 Å². The monoisotopic (exact) mass is 682 g/mol. The molecule has 0 aliphatic heterocycles. The van der Waals surface area contributed by atoms with Gasteiger partial charge in [-0.25, -0.2) is 18.7 Å². The van der Waals surface area contributed by atoms with Crippen LogP contribution in [0.25, 0.3) is 0 Å². The van der Waals surface area contributed by atoms with E-state index in [2.05, 4.69) is 17.5 Å². The lowest BCUT2D eigenvalue weighted by Crippen LogP contribution is -2.05. The van der Waals surface area contributed by atoms with E-state index in [-0.39, 0.29) is 25.2 Å². The highest BCUT2D eigenvalue weighted by molar-refractivity contribution is 7.61. The number of ether oxygens (including phenoxy) is 2. The predicted octanol–water partition coefficient (Wildman–Crippen LogP) is 9.28. The number of carbonyl (C=O) groups excluding carboxylic acids is 2. The Labute approximate surface area is 271 Å². The van der Waals surface area contributed by atoms with Gasteiger partial charge in [-0.15, -0.1) is 0 Å². The predicted molar refractivity (Wildman–Crippen MR) is 177 cm³/mol. The first kappa shape index (κ1) is 43.7. The van der Waals surface area contributed by atoms with Gasteiger partial charge >= 0.3 is 27.6 Å². The summed E-state index contributed by atoms with van der Waals surface area (Å²) in [6.45, 7) is 11.1. The molecule has 11 nitrogen and oxygen atoms in total. The van der Waals surface area contributed by atoms with Gasteiger partial charge in [-0.1, -0.05) is 116 Å². The molecule has 0 amide bonds. The Morgan fingerprint density at radius 2 is 0.689 bits per heavy atom. The van der Waals surface area contributed by atoms with Gasteiger partial charge in [-0.2, -0.15) is 4.31 Å². The van der Waals surface area contributed by atoms with E-state index < -0.39 is 15.6 Å². The fraction of sp³-hybridized carbons (Fsp3) is 0.812. The summed E-state index contributed by atoms with van der Waals surface area (Å²) in [6.07, 6.45) is 19.5. The van der Waals surface area contributed by atoms with Crippen molar-refractivity contribution >= 4 is 27.6 Å². The Morgan fingerprint density at radius 3 is 0.933 bits per heavy atom. The summed E-state index contributed by atoms with van der Waals surface area (Å²) in [5, 5.41) is 0. The minimum Gasteiger partial charge on any atom is -0.462 e. The quantitative estimate of drug-likeness (QED) is 0.0302. The molecule has 13 heteroatoms. The summed E-state index contributed by atoms with van der Waals surface area (Å²) >= 11 is 0. The molecule has 0 saturated carbocycles. The van der Waals surface area contributed by atoms with Crippen molar-refractivity contribution in [1.29, 1.82) is 0 Å². The number of phosphoric acid groups is 2. The van der Waals surface area contributed by atoms with Crippen LogP contribution >= 0.6 is 15.6 Å². The fourth-order valence-electron chi connectivity index (χ4n) is 4.35. The van der Waals surface area contributed by atoms with Crippen molar-refractivity contribution in [3.05, 3.63) is 24.3 Å². The lowest BCUT2D eigenvalue weighted by atomic mass is 10.1. The Balaban J connectivity index is 3.60. The number of rotatable bonds is 32. The van der Waals surface area contributed by atoms with Gasteiger partial charge in [0.1, 0.15) is 0 Å². The van der Waals surface area contributed by atoms with Crippen LogP contribution < -0.4 is 0 Å². The van der Waals surface area contributed by atoms with E-state index in [0.717, 1.165) is 116 Å². The Bertz CT molecular complexity index is 851. The van der Waals surface area contributed by atoms with Crippen LogP contribution in [0.5, 0.6) is 0 Å². The maximum Gasteiger partial charge on any atom is 0.481 e. The zero-order valence-corrected chi connectivity index (χ0v) is 29.6. The Kier molecular flexibility index (Phi) is 26.9. The number of hydrogen-bond donors (Lipinski definition) is 2. The SMILES string of the molecule is C=C(C)C(=O)OCCCCCCCCCCCCOP(=O)(O)OP(=O)(O)OCCCCCCCCCCCCOC(=O)C(=C)C. The minimum atomic E-state index is -4.70. The van der Waals surface area contributed by atoms with Crippen LogP contribution in [0, 0.1) is 0 Å². The van der Waals surface area contributed by atoms with E-state index in [1.54, 1.807) is 13.8 Å². The van der Waals surface area contributed by atoms with Crippen molar-refractivity contribution in [2.45, 2.75) is 142 Å². The lowest BCUT2D eigenvalue weighted by Gasteiger charge is -2.16. The van der Waals surface area contributed by atoms with Gasteiger partial charge in [0, 0.05) is 11.1 Å². The highest BCUT2D eigenvalue weighted by atomic mass is 31.3. The molecule has 2 atom stereocenters. The zero-order chi connectivity index (χ0) is 33.8. The topological polar surface area (TPSA) is 155 Å². The molecular weight excluding hydrogens is 622 g/mol. The molecule has 2 N–H and O–H groups in total. The third-order valence-corrected chi connectivity index (χ3v) is 9.62. The minimum absolute atomic E-state index is 0.0470. The summed E-state index contributed by atoms with van der Waals surface area (Å²) in [6, 6.07) is 0. The summed E-state index contributed by atoms with van der Waals surface area (Å²) in [5.41, 5.74) is 0.840. The lowest BCUT2D eigenvalue weighted by molar-refractivity contribution is -0.139. The van der Waals surface area contributed by atoms with Gasteiger partial charge in [-0.05, 0) is 39.5 Å². The van der Waals surface area contributed by atoms with Gasteiger partial charge in [0.05, 0.1) is 26.4 Å².